The minimum absolute atomic E-state index is 0.192. The quantitative estimate of drug-likeness (QED) is 0.899. The molecule has 1 aliphatic carbocycles. The number of rotatable bonds is 5. The summed E-state index contributed by atoms with van der Waals surface area (Å²) in [6.07, 6.45) is 2.52. The van der Waals surface area contributed by atoms with Crippen molar-refractivity contribution < 1.29 is 9.47 Å². The Bertz CT molecular complexity index is 478. The number of benzene rings is 1. The first-order valence-corrected chi connectivity index (χ1v) is 8.07. The van der Waals surface area contributed by atoms with Gasteiger partial charge in [0.1, 0.15) is 18.5 Å². The Morgan fingerprint density at radius 1 is 1.43 bits per heavy atom. The van der Waals surface area contributed by atoms with Crippen LogP contribution in [0.3, 0.4) is 0 Å². The van der Waals surface area contributed by atoms with Crippen LogP contribution in [0.25, 0.3) is 0 Å². The molecule has 2 unspecified atom stereocenters. The van der Waals surface area contributed by atoms with Gasteiger partial charge in [0.05, 0.1) is 6.61 Å². The van der Waals surface area contributed by atoms with Gasteiger partial charge >= 0.3 is 0 Å². The highest BCUT2D eigenvalue weighted by molar-refractivity contribution is 5.40. The maximum absolute atomic E-state index is 5.96. The second kappa shape index (κ2) is 6.77. The highest BCUT2D eigenvalue weighted by Crippen LogP contribution is 2.33. The molecular formula is C17H26N2O2. The van der Waals surface area contributed by atoms with E-state index in [0.717, 1.165) is 38.4 Å². The topological polar surface area (TPSA) is 33.7 Å². The Morgan fingerprint density at radius 3 is 3.14 bits per heavy atom. The highest BCUT2D eigenvalue weighted by atomic mass is 16.5. The minimum Gasteiger partial charge on any atom is -0.491 e. The average Bonchev–Trinajstić information content (AvgIpc) is 2.95. The van der Waals surface area contributed by atoms with Crippen LogP contribution in [-0.2, 0) is 11.2 Å². The number of hydrogen-bond acceptors (Lipinski definition) is 4. The Kier molecular flexibility index (Phi) is 4.78. The molecule has 0 bridgehead atoms. The average molecular weight is 290 g/mol. The number of aryl methyl sites for hydroxylation is 1. The lowest BCUT2D eigenvalue weighted by molar-refractivity contribution is -0.0464. The first kappa shape index (κ1) is 14.8. The molecule has 2 atom stereocenters. The van der Waals surface area contributed by atoms with Crippen molar-refractivity contribution in [3.8, 4) is 5.75 Å². The van der Waals surface area contributed by atoms with Crippen molar-refractivity contribution in [1.82, 2.24) is 10.2 Å². The maximum Gasteiger partial charge on any atom is 0.119 e. The van der Waals surface area contributed by atoms with Gasteiger partial charge in [-0.3, -0.25) is 4.90 Å². The predicted octanol–water partition coefficient (Wildman–Crippen LogP) is 1.99. The zero-order valence-electron chi connectivity index (χ0n) is 13.1. The monoisotopic (exact) mass is 290 g/mol. The number of likely N-dealkylation sites (N-methyl/N-ethyl adjacent to an activating group) is 1. The molecule has 1 heterocycles. The Balaban J connectivity index is 1.56. The van der Waals surface area contributed by atoms with Gasteiger partial charge in [-0.05, 0) is 49.7 Å². The van der Waals surface area contributed by atoms with Crippen molar-refractivity contribution in [3.05, 3.63) is 29.3 Å². The standard InChI is InChI=1S/C17H26N2O2/c1-3-19-8-9-20-15(11-19)12-21-14-5-6-16-13(10-14)4-7-17(16)18-2/h5-6,10,15,17-18H,3-4,7-9,11-12H2,1-2H3. The lowest BCUT2D eigenvalue weighted by Gasteiger charge is -2.31. The van der Waals surface area contributed by atoms with Gasteiger partial charge < -0.3 is 14.8 Å². The van der Waals surface area contributed by atoms with E-state index < -0.39 is 0 Å². The van der Waals surface area contributed by atoms with Crippen molar-refractivity contribution in [2.45, 2.75) is 31.9 Å². The van der Waals surface area contributed by atoms with E-state index >= 15 is 0 Å². The minimum atomic E-state index is 0.192. The first-order chi connectivity index (χ1) is 10.3. The summed E-state index contributed by atoms with van der Waals surface area (Å²) in [6.45, 7) is 6.76. The molecule has 0 spiro atoms. The lowest BCUT2D eigenvalue weighted by Crippen LogP contribution is -2.44. The highest BCUT2D eigenvalue weighted by Gasteiger charge is 2.22. The fraction of sp³-hybridized carbons (Fsp3) is 0.647. The van der Waals surface area contributed by atoms with Crippen molar-refractivity contribution in [1.29, 1.82) is 0 Å². The van der Waals surface area contributed by atoms with Gasteiger partial charge in [-0.2, -0.15) is 0 Å². The van der Waals surface area contributed by atoms with Crippen molar-refractivity contribution >= 4 is 0 Å². The van der Waals surface area contributed by atoms with Crippen molar-refractivity contribution in [2.24, 2.45) is 0 Å². The van der Waals surface area contributed by atoms with E-state index in [4.69, 9.17) is 9.47 Å². The molecule has 1 aromatic rings. The van der Waals surface area contributed by atoms with Crippen LogP contribution >= 0.6 is 0 Å². The summed E-state index contributed by atoms with van der Waals surface area (Å²) in [7, 11) is 2.03. The fourth-order valence-corrected chi connectivity index (χ4v) is 3.34. The number of ether oxygens (including phenoxy) is 2. The van der Waals surface area contributed by atoms with Crippen LogP contribution in [0.5, 0.6) is 5.75 Å². The van der Waals surface area contributed by atoms with Crippen LogP contribution in [0.15, 0.2) is 18.2 Å². The number of nitrogens with one attached hydrogen (secondary N) is 1. The molecule has 1 aromatic carbocycles. The number of fused-ring (bicyclic) bond motifs is 1. The molecule has 0 amide bonds. The largest absolute Gasteiger partial charge is 0.491 e. The second-order valence-corrected chi connectivity index (χ2v) is 5.94. The third-order valence-electron chi connectivity index (χ3n) is 4.65. The third-order valence-corrected chi connectivity index (χ3v) is 4.65. The van der Waals surface area contributed by atoms with Crippen LogP contribution in [0.1, 0.15) is 30.5 Å². The van der Waals surface area contributed by atoms with Gasteiger partial charge in [0.15, 0.2) is 0 Å². The van der Waals surface area contributed by atoms with E-state index in [1.807, 2.05) is 7.05 Å². The predicted molar refractivity (Wildman–Crippen MR) is 83.9 cm³/mol. The van der Waals surface area contributed by atoms with E-state index in [9.17, 15) is 0 Å². The Morgan fingerprint density at radius 2 is 2.33 bits per heavy atom. The molecule has 116 valence electrons. The van der Waals surface area contributed by atoms with Gasteiger partial charge in [0.2, 0.25) is 0 Å². The number of nitrogens with zero attached hydrogens (tertiary/aromatic N) is 1. The van der Waals surface area contributed by atoms with Gasteiger partial charge in [0.25, 0.3) is 0 Å². The molecule has 1 fully saturated rings. The zero-order valence-corrected chi connectivity index (χ0v) is 13.1. The number of hydrogen-bond donors (Lipinski definition) is 1. The maximum atomic E-state index is 5.96. The fourth-order valence-electron chi connectivity index (χ4n) is 3.34. The Hall–Kier alpha value is -1.10. The summed E-state index contributed by atoms with van der Waals surface area (Å²) in [6, 6.07) is 7.01. The summed E-state index contributed by atoms with van der Waals surface area (Å²) >= 11 is 0. The summed E-state index contributed by atoms with van der Waals surface area (Å²) in [5.41, 5.74) is 2.85. The van der Waals surface area contributed by atoms with E-state index in [2.05, 4.69) is 35.3 Å². The van der Waals surface area contributed by atoms with Gasteiger partial charge in [-0.15, -0.1) is 0 Å². The molecule has 2 aliphatic rings. The van der Waals surface area contributed by atoms with Crippen LogP contribution < -0.4 is 10.1 Å². The molecule has 0 saturated carbocycles. The summed E-state index contributed by atoms with van der Waals surface area (Å²) in [5, 5.41) is 3.37. The molecule has 4 heteroatoms. The Labute approximate surface area is 127 Å². The second-order valence-electron chi connectivity index (χ2n) is 5.94. The molecule has 0 aromatic heterocycles. The zero-order chi connectivity index (χ0) is 14.7. The molecule has 1 saturated heterocycles. The van der Waals surface area contributed by atoms with E-state index in [1.54, 1.807) is 0 Å². The molecule has 1 aliphatic heterocycles. The first-order valence-electron chi connectivity index (χ1n) is 8.07. The smallest absolute Gasteiger partial charge is 0.119 e. The van der Waals surface area contributed by atoms with E-state index in [-0.39, 0.29) is 6.10 Å². The summed E-state index contributed by atoms with van der Waals surface area (Å²) in [4.78, 5) is 2.41. The van der Waals surface area contributed by atoms with Gasteiger partial charge in [-0.1, -0.05) is 13.0 Å². The van der Waals surface area contributed by atoms with Crippen LogP contribution in [-0.4, -0.2) is 50.9 Å². The van der Waals surface area contributed by atoms with Gasteiger partial charge in [0, 0.05) is 19.1 Å². The summed E-state index contributed by atoms with van der Waals surface area (Å²) in [5.74, 6) is 0.975. The lowest BCUT2D eigenvalue weighted by atomic mass is 10.1. The van der Waals surface area contributed by atoms with Crippen LogP contribution in [0.2, 0.25) is 0 Å². The number of morpholine rings is 1. The van der Waals surface area contributed by atoms with Crippen LogP contribution in [0.4, 0.5) is 0 Å². The van der Waals surface area contributed by atoms with Gasteiger partial charge in [-0.25, -0.2) is 0 Å². The molecule has 4 nitrogen and oxygen atoms in total. The van der Waals surface area contributed by atoms with Crippen molar-refractivity contribution in [2.75, 3.05) is 39.9 Å². The van der Waals surface area contributed by atoms with E-state index in [0.29, 0.717) is 12.6 Å². The molecule has 0 radical (unpaired) electrons. The molecule has 1 N–H and O–H groups in total. The third kappa shape index (κ3) is 3.39. The van der Waals surface area contributed by atoms with E-state index in [1.165, 1.54) is 17.5 Å². The normalized spacial score (nSPS) is 25.8. The summed E-state index contributed by atoms with van der Waals surface area (Å²) < 4.78 is 11.7. The molecule has 21 heavy (non-hydrogen) atoms. The van der Waals surface area contributed by atoms with Crippen molar-refractivity contribution in [3.63, 3.8) is 0 Å². The molecule has 3 rings (SSSR count). The van der Waals surface area contributed by atoms with Crippen LogP contribution in [0, 0.1) is 0 Å². The SMILES string of the molecule is CCN1CCOC(COc2ccc3c(c2)CCC3NC)C1. The molecular weight excluding hydrogens is 264 g/mol.